The Morgan fingerprint density at radius 3 is 2.52 bits per heavy atom. The van der Waals surface area contributed by atoms with Crippen LogP contribution in [0, 0.1) is 6.92 Å². The summed E-state index contributed by atoms with van der Waals surface area (Å²) < 4.78 is 11.4. The van der Waals surface area contributed by atoms with Gasteiger partial charge in [-0.25, -0.2) is 0 Å². The third-order valence-electron chi connectivity index (χ3n) is 4.36. The maximum absolute atomic E-state index is 12.4. The van der Waals surface area contributed by atoms with Crippen molar-refractivity contribution in [2.75, 3.05) is 13.7 Å². The minimum Gasteiger partial charge on any atom is -0.483 e. The van der Waals surface area contributed by atoms with Gasteiger partial charge in [-0.1, -0.05) is 17.7 Å². The van der Waals surface area contributed by atoms with E-state index >= 15 is 0 Å². The largest absolute Gasteiger partial charge is 0.483 e. The molecule has 0 unspecified atom stereocenters. The number of ether oxygens (including phenoxy) is 1. The summed E-state index contributed by atoms with van der Waals surface area (Å²) in [6, 6.07) is 16.0. The van der Waals surface area contributed by atoms with Crippen LogP contribution in [-0.4, -0.2) is 30.4 Å². The monoisotopic (exact) mass is 412 g/mol. The Balaban J connectivity index is 1.61. The normalized spacial score (nSPS) is 10.6. The van der Waals surface area contributed by atoms with Crippen LogP contribution in [0.25, 0.3) is 11.3 Å². The quantitative estimate of drug-likeness (QED) is 0.634. The fourth-order valence-electron chi connectivity index (χ4n) is 2.76. The molecule has 0 atom stereocenters. The molecule has 1 aromatic heterocycles. The molecule has 2 aromatic carbocycles. The predicted octanol–water partition coefficient (Wildman–Crippen LogP) is 4.04. The molecule has 3 aromatic rings. The third-order valence-corrected chi connectivity index (χ3v) is 4.61. The second kappa shape index (κ2) is 8.84. The highest BCUT2D eigenvalue weighted by molar-refractivity contribution is 6.30. The Kier molecular flexibility index (Phi) is 6.24. The van der Waals surface area contributed by atoms with E-state index in [-0.39, 0.29) is 24.6 Å². The highest BCUT2D eigenvalue weighted by Gasteiger charge is 2.15. The minimum atomic E-state index is -0.605. The summed E-state index contributed by atoms with van der Waals surface area (Å²) in [6.07, 6.45) is 0. The van der Waals surface area contributed by atoms with E-state index in [1.165, 1.54) is 4.90 Å². The van der Waals surface area contributed by atoms with Crippen molar-refractivity contribution in [3.63, 3.8) is 0 Å². The Labute approximate surface area is 173 Å². The molecule has 0 aliphatic heterocycles. The number of primary amides is 1. The maximum atomic E-state index is 12.4. The number of likely N-dealkylation sites (N-methyl/N-ethyl adjacent to an activating group) is 1. The standard InChI is InChI=1S/C22H21ClN2O4/c1-14-3-9-18(22(24)27)20(11-14)28-13-21(26)25(2)12-17-8-10-19(29-17)15-4-6-16(23)7-5-15/h3-11H,12-13H2,1-2H3,(H2,24,27). The lowest BCUT2D eigenvalue weighted by Gasteiger charge is -2.17. The number of rotatable bonds is 7. The van der Waals surface area contributed by atoms with Gasteiger partial charge in [0.2, 0.25) is 0 Å². The first-order valence-corrected chi connectivity index (χ1v) is 9.33. The molecule has 2 amide bonds. The minimum absolute atomic E-state index is 0.217. The highest BCUT2D eigenvalue weighted by Crippen LogP contribution is 2.24. The van der Waals surface area contributed by atoms with Gasteiger partial charge in [-0.05, 0) is 61.0 Å². The van der Waals surface area contributed by atoms with E-state index in [4.69, 9.17) is 26.5 Å². The van der Waals surface area contributed by atoms with Gasteiger partial charge < -0.3 is 19.8 Å². The molecule has 6 nitrogen and oxygen atoms in total. The predicted molar refractivity (Wildman–Crippen MR) is 111 cm³/mol. The smallest absolute Gasteiger partial charge is 0.260 e. The number of amides is 2. The van der Waals surface area contributed by atoms with Crippen molar-refractivity contribution in [2.45, 2.75) is 13.5 Å². The first kappa shape index (κ1) is 20.5. The molecule has 3 rings (SSSR count). The topological polar surface area (TPSA) is 85.8 Å². The maximum Gasteiger partial charge on any atom is 0.260 e. The molecule has 29 heavy (non-hydrogen) atoms. The SMILES string of the molecule is Cc1ccc(C(N)=O)c(OCC(=O)N(C)Cc2ccc(-c3ccc(Cl)cc3)o2)c1. The molecule has 0 saturated carbocycles. The lowest BCUT2D eigenvalue weighted by atomic mass is 10.1. The van der Waals surface area contributed by atoms with Crippen LogP contribution in [0.1, 0.15) is 21.7 Å². The summed E-state index contributed by atoms with van der Waals surface area (Å²) in [5, 5.41) is 0.652. The summed E-state index contributed by atoms with van der Waals surface area (Å²) in [5.41, 5.74) is 7.40. The number of hydrogen-bond acceptors (Lipinski definition) is 4. The lowest BCUT2D eigenvalue weighted by molar-refractivity contribution is -0.132. The average molecular weight is 413 g/mol. The second-order valence-electron chi connectivity index (χ2n) is 6.68. The van der Waals surface area contributed by atoms with E-state index < -0.39 is 5.91 Å². The number of hydrogen-bond donors (Lipinski definition) is 1. The average Bonchev–Trinajstić information content (AvgIpc) is 3.14. The van der Waals surface area contributed by atoms with Crippen molar-refractivity contribution in [1.82, 2.24) is 4.90 Å². The van der Waals surface area contributed by atoms with Crippen molar-refractivity contribution < 1.29 is 18.7 Å². The van der Waals surface area contributed by atoms with E-state index in [2.05, 4.69) is 0 Å². The molecule has 0 spiro atoms. The first-order valence-electron chi connectivity index (χ1n) is 8.95. The Hall–Kier alpha value is -3.25. The summed E-state index contributed by atoms with van der Waals surface area (Å²) in [7, 11) is 1.65. The van der Waals surface area contributed by atoms with Crippen LogP contribution in [-0.2, 0) is 11.3 Å². The zero-order valence-corrected chi connectivity index (χ0v) is 16.9. The van der Waals surface area contributed by atoms with Crippen LogP contribution >= 0.6 is 11.6 Å². The fraction of sp³-hybridized carbons (Fsp3) is 0.182. The van der Waals surface area contributed by atoms with E-state index in [1.807, 2.05) is 31.2 Å². The molecule has 0 fully saturated rings. The molecule has 7 heteroatoms. The fourth-order valence-corrected chi connectivity index (χ4v) is 2.88. The van der Waals surface area contributed by atoms with Crippen molar-refractivity contribution in [3.05, 3.63) is 76.5 Å². The summed E-state index contributed by atoms with van der Waals surface area (Å²) in [5.74, 6) is 0.763. The summed E-state index contributed by atoms with van der Waals surface area (Å²) >= 11 is 5.91. The van der Waals surface area contributed by atoms with Gasteiger partial charge in [0.15, 0.2) is 6.61 Å². The van der Waals surface area contributed by atoms with Crippen molar-refractivity contribution in [2.24, 2.45) is 5.73 Å². The molecule has 0 aliphatic carbocycles. The molecule has 1 heterocycles. The van der Waals surface area contributed by atoms with Gasteiger partial charge in [0.1, 0.15) is 17.3 Å². The van der Waals surface area contributed by atoms with Crippen LogP contribution in [0.5, 0.6) is 5.75 Å². The molecule has 2 N–H and O–H groups in total. The molecule has 0 bridgehead atoms. The van der Waals surface area contributed by atoms with E-state index in [0.717, 1.165) is 11.1 Å². The van der Waals surface area contributed by atoms with Crippen LogP contribution < -0.4 is 10.5 Å². The Morgan fingerprint density at radius 2 is 1.83 bits per heavy atom. The van der Waals surface area contributed by atoms with Gasteiger partial charge in [0.25, 0.3) is 11.8 Å². The number of benzene rings is 2. The Bertz CT molecular complexity index is 1030. The van der Waals surface area contributed by atoms with Gasteiger partial charge in [-0.2, -0.15) is 0 Å². The Morgan fingerprint density at radius 1 is 1.10 bits per heavy atom. The van der Waals surface area contributed by atoms with Crippen LogP contribution in [0.3, 0.4) is 0 Å². The molecular formula is C22H21ClN2O4. The van der Waals surface area contributed by atoms with Gasteiger partial charge >= 0.3 is 0 Å². The lowest BCUT2D eigenvalue weighted by Crippen LogP contribution is -2.31. The number of furan rings is 1. The molecule has 0 aliphatic rings. The van der Waals surface area contributed by atoms with Gasteiger partial charge in [-0.3, -0.25) is 9.59 Å². The van der Waals surface area contributed by atoms with Gasteiger partial charge in [0.05, 0.1) is 12.1 Å². The number of aryl methyl sites for hydroxylation is 1. The van der Waals surface area contributed by atoms with Crippen molar-refractivity contribution >= 4 is 23.4 Å². The van der Waals surface area contributed by atoms with E-state index in [0.29, 0.717) is 22.3 Å². The summed E-state index contributed by atoms with van der Waals surface area (Å²) in [6.45, 7) is 1.93. The highest BCUT2D eigenvalue weighted by atomic mass is 35.5. The summed E-state index contributed by atoms with van der Waals surface area (Å²) in [4.78, 5) is 25.4. The van der Waals surface area contributed by atoms with E-state index in [9.17, 15) is 9.59 Å². The second-order valence-corrected chi connectivity index (χ2v) is 7.11. The number of carbonyl (C=O) groups is 2. The van der Waals surface area contributed by atoms with Crippen LogP contribution in [0.2, 0.25) is 5.02 Å². The van der Waals surface area contributed by atoms with Crippen LogP contribution in [0.4, 0.5) is 0 Å². The van der Waals surface area contributed by atoms with Crippen molar-refractivity contribution in [3.8, 4) is 17.1 Å². The molecular weight excluding hydrogens is 392 g/mol. The molecule has 0 saturated heterocycles. The first-order chi connectivity index (χ1) is 13.8. The third kappa shape index (κ3) is 5.18. The number of nitrogens with zero attached hydrogens (tertiary/aromatic N) is 1. The number of halogens is 1. The molecule has 150 valence electrons. The zero-order valence-electron chi connectivity index (χ0n) is 16.1. The molecule has 0 radical (unpaired) electrons. The number of carbonyl (C=O) groups excluding carboxylic acids is 2. The van der Waals surface area contributed by atoms with Gasteiger partial charge in [0, 0.05) is 17.6 Å². The van der Waals surface area contributed by atoms with Crippen molar-refractivity contribution in [1.29, 1.82) is 0 Å². The number of nitrogens with two attached hydrogens (primary N) is 1. The van der Waals surface area contributed by atoms with Gasteiger partial charge in [-0.15, -0.1) is 0 Å². The van der Waals surface area contributed by atoms with Crippen LogP contribution in [0.15, 0.2) is 59.0 Å². The van der Waals surface area contributed by atoms with E-state index in [1.54, 1.807) is 37.4 Å². The zero-order chi connectivity index (χ0) is 21.0.